The van der Waals surface area contributed by atoms with E-state index < -0.39 is 0 Å². The lowest BCUT2D eigenvalue weighted by Crippen LogP contribution is -2.23. The summed E-state index contributed by atoms with van der Waals surface area (Å²) >= 11 is 0. The van der Waals surface area contributed by atoms with E-state index >= 15 is 0 Å². The van der Waals surface area contributed by atoms with Gasteiger partial charge in [-0.25, -0.2) is 4.98 Å². The van der Waals surface area contributed by atoms with Crippen LogP contribution in [0.4, 0.5) is 0 Å². The molecule has 0 spiro atoms. The van der Waals surface area contributed by atoms with Crippen LogP contribution < -0.4 is 5.32 Å². The average molecular weight is 269 g/mol. The number of imidazole rings is 1. The average Bonchev–Trinajstić information content (AvgIpc) is 3.01. The summed E-state index contributed by atoms with van der Waals surface area (Å²) in [6.45, 7) is 0. The molecule has 1 unspecified atom stereocenters. The van der Waals surface area contributed by atoms with Gasteiger partial charge in [0.05, 0.1) is 22.8 Å². The van der Waals surface area contributed by atoms with Crippen LogP contribution in [0.25, 0.3) is 11.0 Å². The maximum absolute atomic E-state index is 4.73. The Morgan fingerprint density at radius 3 is 2.65 bits per heavy atom. The number of nitrogens with one attached hydrogen (secondary N) is 1. The predicted molar refractivity (Wildman–Crippen MR) is 79.4 cm³/mol. The molecule has 0 saturated carbocycles. The van der Waals surface area contributed by atoms with Gasteiger partial charge in [0, 0.05) is 26.7 Å². The monoisotopic (exact) mass is 269 g/mol. The van der Waals surface area contributed by atoms with Gasteiger partial charge in [-0.1, -0.05) is 12.1 Å². The molecule has 104 valence electrons. The zero-order chi connectivity index (χ0) is 14.1. The Labute approximate surface area is 118 Å². The van der Waals surface area contributed by atoms with Crippen LogP contribution in [0.15, 0.2) is 36.5 Å². The van der Waals surface area contributed by atoms with Crippen LogP contribution in [0.5, 0.6) is 0 Å². The number of aromatic nitrogens is 4. The van der Waals surface area contributed by atoms with Crippen molar-refractivity contribution in [3.63, 3.8) is 0 Å². The van der Waals surface area contributed by atoms with Crippen LogP contribution in [0.3, 0.4) is 0 Å². The predicted octanol–water partition coefficient (Wildman–Crippen LogP) is 1.81. The van der Waals surface area contributed by atoms with Crippen LogP contribution in [-0.2, 0) is 20.5 Å². The van der Waals surface area contributed by atoms with E-state index in [1.54, 1.807) is 0 Å². The van der Waals surface area contributed by atoms with Gasteiger partial charge in [0.25, 0.3) is 0 Å². The van der Waals surface area contributed by atoms with Crippen LogP contribution in [0.1, 0.15) is 17.6 Å². The van der Waals surface area contributed by atoms with E-state index in [0.29, 0.717) is 0 Å². The number of rotatable bonds is 4. The fourth-order valence-electron chi connectivity index (χ4n) is 2.64. The summed E-state index contributed by atoms with van der Waals surface area (Å²) in [5, 5.41) is 7.59. The molecule has 0 aliphatic carbocycles. The first kappa shape index (κ1) is 12.9. The molecule has 3 rings (SSSR count). The lowest BCUT2D eigenvalue weighted by Gasteiger charge is -2.16. The molecule has 20 heavy (non-hydrogen) atoms. The van der Waals surface area contributed by atoms with E-state index in [0.717, 1.165) is 17.8 Å². The highest BCUT2D eigenvalue weighted by Crippen LogP contribution is 2.20. The molecule has 0 amide bonds. The second-order valence-electron chi connectivity index (χ2n) is 5.00. The summed E-state index contributed by atoms with van der Waals surface area (Å²) in [6, 6.07) is 10.5. The molecule has 1 atom stereocenters. The second kappa shape index (κ2) is 5.09. The third-order valence-electron chi connectivity index (χ3n) is 3.83. The Kier molecular flexibility index (Phi) is 3.28. The molecule has 0 fully saturated rings. The summed E-state index contributed by atoms with van der Waals surface area (Å²) < 4.78 is 4.07. The van der Waals surface area contributed by atoms with E-state index in [-0.39, 0.29) is 6.04 Å². The zero-order valence-electron chi connectivity index (χ0n) is 12.0. The van der Waals surface area contributed by atoms with Crippen molar-refractivity contribution in [1.82, 2.24) is 24.6 Å². The molecule has 5 heteroatoms. The molecular formula is C15H19N5. The number of hydrogen-bond donors (Lipinski definition) is 1. The lowest BCUT2D eigenvalue weighted by atomic mass is 10.1. The molecular weight excluding hydrogens is 250 g/mol. The summed E-state index contributed by atoms with van der Waals surface area (Å²) in [4.78, 5) is 4.73. The minimum atomic E-state index is 0.206. The third-order valence-corrected chi connectivity index (χ3v) is 3.83. The fraction of sp³-hybridized carbons (Fsp3) is 0.333. The number of para-hydroxylation sites is 2. The van der Waals surface area contributed by atoms with Crippen molar-refractivity contribution in [2.24, 2.45) is 14.1 Å². The smallest absolute Gasteiger partial charge is 0.111 e. The molecule has 0 saturated heterocycles. The highest BCUT2D eigenvalue weighted by Gasteiger charge is 2.17. The lowest BCUT2D eigenvalue weighted by molar-refractivity contribution is 0.520. The van der Waals surface area contributed by atoms with E-state index in [1.165, 1.54) is 11.2 Å². The van der Waals surface area contributed by atoms with Crippen molar-refractivity contribution >= 4 is 11.0 Å². The van der Waals surface area contributed by atoms with E-state index in [9.17, 15) is 0 Å². The van der Waals surface area contributed by atoms with Gasteiger partial charge in [-0.05, 0) is 25.2 Å². The Morgan fingerprint density at radius 1 is 1.20 bits per heavy atom. The first-order chi connectivity index (χ1) is 9.70. The summed E-state index contributed by atoms with van der Waals surface area (Å²) in [6.07, 6.45) is 2.66. The first-order valence-electron chi connectivity index (χ1n) is 6.76. The molecule has 2 heterocycles. The molecule has 3 aromatic rings. The van der Waals surface area contributed by atoms with Gasteiger partial charge in [0.2, 0.25) is 0 Å². The van der Waals surface area contributed by atoms with E-state index in [4.69, 9.17) is 4.98 Å². The molecule has 2 aromatic heterocycles. The van der Waals surface area contributed by atoms with Crippen molar-refractivity contribution in [2.75, 3.05) is 7.05 Å². The third kappa shape index (κ3) is 2.10. The zero-order valence-corrected chi connectivity index (χ0v) is 12.0. The molecule has 0 aliphatic heterocycles. The largest absolute Gasteiger partial charge is 0.331 e. The van der Waals surface area contributed by atoms with E-state index in [1.807, 2.05) is 43.2 Å². The minimum Gasteiger partial charge on any atom is -0.331 e. The maximum atomic E-state index is 4.73. The Hall–Kier alpha value is -2.14. The highest BCUT2D eigenvalue weighted by atomic mass is 15.3. The number of nitrogens with zero attached hydrogens (tertiary/aromatic N) is 4. The number of aryl methyl sites for hydroxylation is 2. The highest BCUT2D eigenvalue weighted by molar-refractivity contribution is 5.75. The Bertz CT molecular complexity index is 725. The number of fused-ring (bicyclic) bond motifs is 1. The number of likely N-dealkylation sites (N-methyl/N-ethyl adjacent to an activating group) is 1. The van der Waals surface area contributed by atoms with Crippen molar-refractivity contribution in [3.8, 4) is 0 Å². The second-order valence-corrected chi connectivity index (χ2v) is 5.00. The Morgan fingerprint density at radius 2 is 2.00 bits per heavy atom. The molecule has 0 radical (unpaired) electrons. The minimum absolute atomic E-state index is 0.206. The van der Waals surface area contributed by atoms with Crippen molar-refractivity contribution in [3.05, 3.63) is 48.0 Å². The van der Waals surface area contributed by atoms with Crippen LogP contribution in [-0.4, -0.2) is 26.4 Å². The SMILES string of the molecule is CNC(Cc1nc2ccccc2n1C)c1ccnn1C. The van der Waals surface area contributed by atoms with Crippen LogP contribution in [0.2, 0.25) is 0 Å². The van der Waals surface area contributed by atoms with Crippen LogP contribution in [0, 0.1) is 0 Å². The fourth-order valence-corrected chi connectivity index (χ4v) is 2.64. The molecule has 0 aliphatic rings. The topological polar surface area (TPSA) is 47.7 Å². The van der Waals surface area contributed by atoms with Gasteiger partial charge in [0.15, 0.2) is 0 Å². The molecule has 0 bridgehead atoms. The van der Waals surface area contributed by atoms with E-state index in [2.05, 4.69) is 34.2 Å². The van der Waals surface area contributed by atoms with Gasteiger partial charge < -0.3 is 9.88 Å². The van der Waals surface area contributed by atoms with Gasteiger partial charge in [-0.15, -0.1) is 0 Å². The summed E-state index contributed by atoms with van der Waals surface area (Å²) in [5.74, 6) is 1.08. The molecule has 1 aromatic carbocycles. The molecule has 1 N–H and O–H groups in total. The quantitative estimate of drug-likeness (QED) is 0.786. The van der Waals surface area contributed by atoms with Crippen molar-refractivity contribution < 1.29 is 0 Å². The normalized spacial score (nSPS) is 12.9. The summed E-state index contributed by atoms with van der Waals surface area (Å²) in [5.41, 5.74) is 3.38. The van der Waals surface area contributed by atoms with Crippen molar-refractivity contribution in [2.45, 2.75) is 12.5 Å². The van der Waals surface area contributed by atoms with Gasteiger partial charge in [-0.3, -0.25) is 4.68 Å². The van der Waals surface area contributed by atoms with Gasteiger partial charge in [-0.2, -0.15) is 5.10 Å². The van der Waals surface area contributed by atoms with Crippen LogP contribution >= 0.6 is 0 Å². The summed E-state index contributed by atoms with van der Waals surface area (Å²) in [7, 11) is 6.01. The maximum Gasteiger partial charge on any atom is 0.111 e. The number of benzene rings is 1. The van der Waals surface area contributed by atoms with Gasteiger partial charge >= 0.3 is 0 Å². The van der Waals surface area contributed by atoms with Gasteiger partial charge in [0.1, 0.15) is 5.82 Å². The van der Waals surface area contributed by atoms with Crippen molar-refractivity contribution in [1.29, 1.82) is 0 Å². The standard InChI is InChI=1S/C15H19N5/c1-16-12(14-8-9-17-20(14)3)10-15-18-11-6-4-5-7-13(11)19(15)2/h4-9,12,16H,10H2,1-3H3. The Balaban J connectivity index is 1.95. The molecule has 5 nitrogen and oxygen atoms in total. The number of hydrogen-bond acceptors (Lipinski definition) is 3. The first-order valence-corrected chi connectivity index (χ1v) is 6.76.